The lowest BCUT2D eigenvalue weighted by Crippen LogP contribution is -2.50. The fourth-order valence-electron chi connectivity index (χ4n) is 3.92. The van der Waals surface area contributed by atoms with Crippen LogP contribution in [0.1, 0.15) is 28.7 Å². The Bertz CT molecular complexity index is 667. The molecule has 114 valence electrons. The summed E-state index contributed by atoms with van der Waals surface area (Å²) < 4.78 is 0. The van der Waals surface area contributed by atoms with E-state index in [1.807, 2.05) is 12.1 Å². The minimum absolute atomic E-state index is 0.452. The van der Waals surface area contributed by atoms with Gasteiger partial charge < -0.3 is 4.90 Å². The van der Waals surface area contributed by atoms with E-state index in [4.69, 9.17) is 11.6 Å². The number of rotatable bonds is 1. The van der Waals surface area contributed by atoms with Crippen LogP contribution in [0.5, 0.6) is 0 Å². The maximum absolute atomic E-state index is 6.06. The summed E-state index contributed by atoms with van der Waals surface area (Å²) in [7, 11) is 2.23. The first-order chi connectivity index (χ1) is 10.7. The Labute approximate surface area is 137 Å². The maximum Gasteiger partial charge on any atom is 0.0478 e. The maximum atomic E-state index is 6.06. The Morgan fingerprint density at radius 2 is 1.64 bits per heavy atom. The van der Waals surface area contributed by atoms with Gasteiger partial charge in [-0.05, 0) is 35.9 Å². The molecule has 22 heavy (non-hydrogen) atoms. The molecule has 1 fully saturated rings. The van der Waals surface area contributed by atoms with E-state index in [0.29, 0.717) is 12.0 Å². The minimum Gasteiger partial charge on any atom is -0.303 e. The topological polar surface area (TPSA) is 6.48 Å². The summed E-state index contributed by atoms with van der Waals surface area (Å²) in [6.45, 7) is 4.55. The highest BCUT2D eigenvalue weighted by molar-refractivity contribution is 6.30. The zero-order valence-electron chi connectivity index (χ0n) is 12.9. The van der Waals surface area contributed by atoms with Gasteiger partial charge in [0.1, 0.15) is 0 Å². The first kappa shape index (κ1) is 14.3. The molecular weight excluding hydrogens is 292 g/mol. The molecule has 0 amide bonds. The van der Waals surface area contributed by atoms with Gasteiger partial charge in [-0.3, -0.25) is 4.90 Å². The fourth-order valence-corrected chi connectivity index (χ4v) is 4.04. The molecule has 0 spiro atoms. The Kier molecular flexibility index (Phi) is 3.69. The third-order valence-electron chi connectivity index (χ3n) is 5.11. The van der Waals surface area contributed by atoms with Crippen LogP contribution in [0.2, 0.25) is 5.02 Å². The summed E-state index contributed by atoms with van der Waals surface area (Å²) in [5, 5.41) is 0.810. The predicted molar refractivity (Wildman–Crippen MR) is 91.5 cm³/mol. The molecule has 2 aliphatic heterocycles. The van der Waals surface area contributed by atoms with Crippen LogP contribution in [0.4, 0.5) is 0 Å². The smallest absolute Gasteiger partial charge is 0.0478 e. The Hall–Kier alpha value is -1.35. The molecule has 2 atom stereocenters. The second kappa shape index (κ2) is 5.69. The zero-order valence-corrected chi connectivity index (χ0v) is 13.6. The molecule has 0 aliphatic carbocycles. The van der Waals surface area contributed by atoms with Crippen LogP contribution >= 0.6 is 11.6 Å². The number of hydrogen-bond donors (Lipinski definition) is 0. The molecule has 0 bridgehead atoms. The fraction of sp³-hybridized carbons (Fsp3) is 0.368. The number of nitrogens with zero attached hydrogens (tertiary/aromatic N) is 2. The molecule has 0 saturated carbocycles. The number of benzene rings is 2. The standard InChI is InChI=1S/C19H21ClN2/c1-21-10-11-22-12-18(14-6-8-15(20)9-7-14)16-4-2-3-5-17(16)19(22)13-21/h2-9,18-19H,10-13H2,1H3/t18-,19+/m0/s1. The average molecular weight is 313 g/mol. The van der Waals surface area contributed by atoms with Crippen molar-refractivity contribution in [3.8, 4) is 0 Å². The molecule has 0 N–H and O–H groups in total. The van der Waals surface area contributed by atoms with E-state index in [0.717, 1.165) is 31.2 Å². The average Bonchev–Trinajstić information content (AvgIpc) is 2.55. The lowest BCUT2D eigenvalue weighted by molar-refractivity contribution is 0.0772. The van der Waals surface area contributed by atoms with Crippen LogP contribution in [-0.4, -0.2) is 43.0 Å². The van der Waals surface area contributed by atoms with Gasteiger partial charge in [-0.15, -0.1) is 0 Å². The third-order valence-corrected chi connectivity index (χ3v) is 5.37. The normalized spacial score (nSPS) is 25.5. The van der Waals surface area contributed by atoms with Crippen molar-refractivity contribution in [2.24, 2.45) is 0 Å². The second-order valence-electron chi connectivity index (χ2n) is 6.51. The molecule has 2 heterocycles. The third kappa shape index (κ3) is 2.45. The first-order valence-corrected chi connectivity index (χ1v) is 8.37. The van der Waals surface area contributed by atoms with E-state index in [1.165, 1.54) is 16.7 Å². The molecule has 1 saturated heterocycles. The van der Waals surface area contributed by atoms with Crippen molar-refractivity contribution in [2.45, 2.75) is 12.0 Å². The monoisotopic (exact) mass is 312 g/mol. The van der Waals surface area contributed by atoms with Gasteiger partial charge in [0.25, 0.3) is 0 Å². The van der Waals surface area contributed by atoms with Gasteiger partial charge in [-0.25, -0.2) is 0 Å². The molecular formula is C19H21ClN2. The quantitative estimate of drug-likeness (QED) is 0.791. The highest BCUT2D eigenvalue weighted by Gasteiger charge is 2.36. The van der Waals surface area contributed by atoms with E-state index < -0.39 is 0 Å². The lowest BCUT2D eigenvalue weighted by atomic mass is 9.80. The van der Waals surface area contributed by atoms with Crippen LogP contribution in [0.15, 0.2) is 48.5 Å². The Morgan fingerprint density at radius 3 is 2.41 bits per heavy atom. The molecule has 0 aromatic heterocycles. The molecule has 2 aromatic rings. The van der Waals surface area contributed by atoms with Gasteiger partial charge in [0.05, 0.1) is 0 Å². The van der Waals surface area contributed by atoms with Crippen LogP contribution in [-0.2, 0) is 0 Å². The van der Waals surface area contributed by atoms with Crippen molar-refractivity contribution < 1.29 is 0 Å². The molecule has 0 radical (unpaired) electrons. The summed E-state index contributed by atoms with van der Waals surface area (Å²) in [5.41, 5.74) is 4.36. The lowest BCUT2D eigenvalue weighted by Gasteiger charge is -2.46. The van der Waals surface area contributed by atoms with Crippen LogP contribution in [0, 0.1) is 0 Å². The molecule has 2 aliphatic rings. The highest BCUT2D eigenvalue weighted by atomic mass is 35.5. The molecule has 0 unspecified atom stereocenters. The van der Waals surface area contributed by atoms with Crippen LogP contribution < -0.4 is 0 Å². The number of piperazine rings is 1. The highest BCUT2D eigenvalue weighted by Crippen LogP contribution is 2.40. The van der Waals surface area contributed by atoms with Gasteiger partial charge >= 0.3 is 0 Å². The molecule has 2 nitrogen and oxygen atoms in total. The number of halogens is 1. The van der Waals surface area contributed by atoms with E-state index >= 15 is 0 Å². The van der Waals surface area contributed by atoms with E-state index in [2.05, 4.69) is 53.2 Å². The van der Waals surface area contributed by atoms with Gasteiger partial charge in [0, 0.05) is 43.2 Å². The van der Waals surface area contributed by atoms with Gasteiger partial charge in [-0.2, -0.15) is 0 Å². The van der Waals surface area contributed by atoms with Crippen molar-refractivity contribution in [3.05, 3.63) is 70.2 Å². The van der Waals surface area contributed by atoms with Gasteiger partial charge in [0.15, 0.2) is 0 Å². The largest absolute Gasteiger partial charge is 0.303 e. The molecule has 3 heteroatoms. The molecule has 4 rings (SSSR count). The predicted octanol–water partition coefficient (Wildman–Crippen LogP) is 3.77. The summed E-state index contributed by atoms with van der Waals surface area (Å²) in [6, 6.07) is 17.9. The van der Waals surface area contributed by atoms with Gasteiger partial charge in [0.2, 0.25) is 0 Å². The zero-order chi connectivity index (χ0) is 15.1. The first-order valence-electron chi connectivity index (χ1n) is 7.99. The van der Waals surface area contributed by atoms with E-state index in [1.54, 1.807) is 0 Å². The summed E-state index contributed by atoms with van der Waals surface area (Å²) >= 11 is 6.06. The Balaban J connectivity index is 1.77. The van der Waals surface area contributed by atoms with Crippen LogP contribution in [0.3, 0.4) is 0 Å². The second-order valence-corrected chi connectivity index (χ2v) is 6.94. The van der Waals surface area contributed by atoms with E-state index in [9.17, 15) is 0 Å². The van der Waals surface area contributed by atoms with Crippen molar-refractivity contribution in [1.29, 1.82) is 0 Å². The summed E-state index contributed by atoms with van der Waals surface area (Å²) in [6.07, 6.45) is 0. The van der Waals surface area contributed by atoms with Crippen molar-refractivity contribution in [3.63, 3.8) is 0 Å². The number of fused-ring (bicyclic) bond motifs is 3. The summed E-state index contributed by atoms with van der Waals surface area (Å²) in [4.78, 5) is 5.10. The Morgan fingerprint density at radius 1 is 0.909 bits per heavy atom. The van der Waals surface area contributed by atoms with E-state index in [-0.39, 0.29) is 0 Å². The minimum atomic E-state index is 0.452. The SMILES string of the molecule is CN1CCN2C[C@@H](c3ccc(Cl)cc3)c3ccccc3[C@H]2C1. The van der Waals surface area contributed by atoms with Crippen molar-refractivity contribution >= 4 is 11.6 Å². The summed E-state index contributed by atoms with van der Waals surface area (Å²) in [5.74, 6) is 0.452. The van der Waals surface area contributed by atoms with Crippen molar-refractivity contribution in [2.75, 3.05) is 33.2 Å². The van der Waals surface area contributed by atoms with Gasteiger partial charge in [-0.1, -0.05) is 48.0 Å². The van der Waals surface area contributed by atoms with Crippen molar-refractivity contribution in [1.82, 2.24) is 9.80 Å². The molecule has 2 aromatic carbocycles. The van der Waals surface area contributed by atoms with Crippen LogP contribution in [0.25, 0.3) is 0 Å². The number of likely N-dealkylation sites (N-methyl/N-ethyl adjacent to an activating group) is 1. The number of hydrogen-bond acceptors (Lipinski definition) is 2.